The lowest BCUT2D eigenvalue weighted by Gasteiger charge is -2.33. The van der Waals surface area contributed by atoms with Crippen LogP contribution in [0.3, 0.4) is 0 Å². The standard InChI is InChI=1S/C14H19N3O3/c1-10-15-14(20-16-10)12-9-19-7-6-17(12)13(18)8-11-4-2-3-5-11/h2,4,11-12H,3,5-9H2,1H3/t11-,12-/m0/s1. The highest BCUT2D eigenvalue weighted by molar-refractivity contribution is 5.77. The number of ether oxygens (including phenoxy) is 1. The van der Waals surface area contributed by atoms with Crippen molar-refractivity contribution in [1.29, 1.82) is 0 Å². The molecule has 1 aromatic heterocycles. The van der Waals surface area contributed by atoms with Crippen LogP contribution in [0.2, 0.25) is 0 Å². The topological polar surface area (TPSA) is 68.5 Å². The monoisotopic (exact) mass is 277 g/mol. The van der Waals surface area contributed by atoms with Crippen molar-refractivity contribution in [3.05, 3.63) is 23.9 Å². The summed E-state index contributed by atoms with van der Waals surface area (Å²) in [6.07, 6.45) is 6.99. The zero-order valence-electron chi connectivity index (χ0n) is 11.6. The third kappa shape index (κ3) is 2.75. The zero-order chi connectivity index (χ0) is 13.9. The number of morpholine rings is 1. The highest BCUT2D eigenvalue weighted by Gasteiger charge is 2.33. The van der Waals surface area contributed by atoms with Gasteiger partial charge in [0.2, 0.25) is 5.91 Å². The van der Waals surface area contributed by atoms with Gasteiger partial charge in [0.05, 0.1) is 13.2 Å². The van der Waals surface area contributed by atoms with Crippen molar-refractivity contribution in [3.63, 3.8) is 0 Å². The first-order valence-corrected chi connectivity index (χ1v) is 7.08. The molecule has 2 atom stereocenters. The molecule has 1 aliphatic heterocycles. The van der Waals surface area contributed by atoms with Crippen molar-refractivity contribution in [2.45, 2.75) is 32.2 Å². The van der Waals surface area contributed by atoms with E-state index >= 15 is 0 Å². The fraction of sp³-hybridized carbons (Fsp3) is 0.643. The van der Waals surface area contributed by atoms with Crippen LogP contribution in [0.1, 0.15) is 37.0 Å². The van der Waals surface area contributed by atoms with E-state index in [9.17, 15) is 4.79 Å². The molecule has 0 spiro atoms. The Balaban J connectivity index is 1.71. The number of allylic oxidation sites excluding steroid dienone is 2. The molecule has 1 amide bonds. The molecule has 2 heterocycles. The summed E-state index contributed by atoms with van der Waals surface area (Å²) >= 11 is 0. The molecule has 108 valence electrons. The molecule has 20 heavy (non-hydrogen) atoms. The van der Waals surface area contributed by atoms with Gasteiger partial charge in [-0.05, 0) is 25.7 Å². The van der Waals surface area contributed by atoms with Crippen molar-refractivity contribution in [2.24, 2.45) is 5.92 Å². The van der Waals surface area contributed by atoms with E-state index in [4.69, 9.17) is 9.26 Å². The van der Waals surface area contributed by atoms with Crippen LogP contribution in [-0.4, -0.2) is 40.7 Å². The number of carbonyl (C=O) groups excluding carboxylic acids is 1. The SMILES string of the molecule is Cc1noc([C@@H]2COCCN2C(=O)C[C@H]2C=CCC2)n1. The third-order valence-electron chi connectivity index (χ3n) is 3.83. The number of aryl methyl sites for hydroxylation is 1. The predicted octanol–water partition coefficient (Wildman–Crippen LogP) is 1.63. The summed E-state index contributed by atoms with van der Waals surface area (Å²) in [5.74, 6) is 1.57. The maximum atomic E-state index is 12.5. The quantitative estimate of drug-likeness (QED) is 0.785. The van der Waals surface area contributed by atoms with Crippen molar-refractivity contribution in [3.8, 4) is 0 Å². The van der Waals surface area contributed by atoms with Gasteiger partial charge in [-0.15, -0.1) is 0 Å². The number of carbonyl (C=O) groups is 1. The Bertz CT molecular complexity index is 512. The summed E-state index contributed by atoms with van der Waals surface area (Å²) in [7, 11) is 0. The molecule has 0 radical (unpaired) electrons. The van der Waals surface area contributed by atoms with E-state index in [0.717, 1.165) is 12.8 Å². The van der Waals surface area contributed by atoms with Crippen molar-refractivity contribution < 1.29 is 14.1 Å². The maximum absolute atomic E-state index is 12.5. The van der Waals surface area contributed by atoms with Crippen LogP contribution in [0.4, 0.5) is 0 Å². The lowest BCUT2D eigenvalue weighted by Crippen LogP contribution is -2.44. The van der Waals surface area contributed by atoms with Gasteiger partial charge in [-0.25, -0.2) is 0 Å². The second kappa shape index (κ2) is 5.75. The van der Waals surface area contributed by atoms with Crippen LogP contribution in [-0.2, 0) is 9.53 Å². The van der Waals surface area contributed by atoms with E-state index < -0.39 is 0 Å². The minimum atomic E-state index is -0.247. The highest BCUT2D eigenvalue weighted by Crippen LogP contribution is 2.27. The van der Waals surface area contributed by atoms with Crippen LogP contribution in [0, 0.1) is 12.8 Å². The molecule has 6 nitrogen and oxygen atoms in total. The van der Waals surface area contributed by atoms with Gasteiger partial charge in [-0.2, -0.15) is 4.98 Å². The van der Waals surface area contributed by atoms with Gasteiger partial charge in [-0.3, -0.25) is 4.79 Å². The van der Waals surface area contributed by atoms with Crippen molar-refractivity contribution in [1.82, 2.24) is 15.0 Å². The summed E-state index contributed by atoms with van der Waals surface area (Å²) in [5, 5.41) is 3.80. The molecule has 0 bridgehead atoms. The lowest BCUT2D eigenvalue weighted by atomic mass is 10.0. The molecule has 1 aromatic rings. The van der Waals surface area contributed by atoms with E-state index in [2.05, 4.69) is 22.3 Å². The number of hydrogen-bond acceptors (Lipinski definition) is 5. The molecule has 0 saturated carbocycles. The fourth-order valence-electron chi connectivity index (χ4n) is 2.76. The molecule has 0 N–H and O–H groups in total. The summed E-state index contributed by atoms with van der Waals surface area (Å²) in [6, 6.07) is -0.247. The second-order valence-corrected chi connectivity index (χ2v) is 5.33. The average molecular weight is 277 g/mol. The van der Waals surface area contributed by atoms with E-state index in [1.54, 1.807) is 6.92 Å². The smallest absolute Gasteiger partial charge is 0.251 e. The Morgan fingerprint density at radius 2 is 2.45 bits per heavy atom. The first-order chi connectivity index (χ1) is 9.74. The highest BCUT2D eigenvalue weighted by atomic mass is 16.5. The molecule has 6 heteroatoms. The molecule has 1 saturated heterocycles. The van der Waals surface area contributed by atoms with Gasteiger partial charge in [0.1, 0.15) is 6.04 Å². The van der Waals surface area contributed by atoms with Gasteiger partial charge >= 0.3 is 0 Å². The van der Waals surface area contributed by atoms with E-state index in [1.807, 2.05) is 4.90 Å². The van der Waals surface area contributed by atoms with Crippen molar-refractivity contribution in [2.75, 3.05) is 19.8 Å². The van der Waals surface area contributed by atoms with E-state index in [1.165, 1.54) is 0 Å². The van der Waals surface area contributed by atoms with Crippen LogP contribution >= 0.6 is 0 Å². The Kier molecular flexibility index (Phi) is 3.82. The second-order valence-electron chi connectivity index (χ2n) is 5.33. The Morgan fingerprint density at radius 3 is 3.15 bits per heavy atom. The molecule has 2 aliphatic rings. The van der Waals surface area contributed by atoms with Crippen molar-refractivity contribution >= 4 is 5.91 Å². The summed E-state index contributed by atoms with van der Waals surface area (Å²) in [4.78, 5) is 18.5. The molecule has 1 aliphatic carbocycles. The molecule has 0 aromatic carbocycles. The average Bonchev–Trinajstić information content (AvgIpc) is 3.10. The number of rotatable bonds is 3. The minimum absolute atomic E-state index is 0.144. The number of aromatic nitrogens is 2. The molecule has 1 fully saturated rings. The Morgan fingerprint density at radius 1 is 1.55 bits per heavy atom. The van der Waals surface area contributed by atoms with Gasteiger partial charge < -0.3 is 14.2 Å². The first kappa shape index (κ1) is 13.3. The third-order valence-corrected chi connectivity index (χ3v) is 3.83. The van der Waals surface area contributed by atoms with Crippen LogP contribution in [0.25, 0.3) is 0 Å². The van der Waals surface area contributed by atoms with Crippen LogP contribution < -0.4 is 0 Å². The largest absolute Gasteiger partial charge is 0.377 e. The summed E-state index contributed by atoms with van der Waals surface area (Å²) < 4.78 is 10.7. The number of nitrogens with zero attached hydrogens (tertiary/aromatic N) is 3. The molecule has 3 rings (SSSR count). The molecular formula is C14H19N3O3. The Labute approximate surface area is 117 Å². The normalized spacial score (nSPS) is 26.1. The maximum Gasteiger partial charge on any atom is 0.251 e. The van der Waals surface area contributed by atoms with Crippen LogP contribution in [0.5, 0.6) is 0 Å². The fourth-order valence-corrected chi connectivity index (χ4v) is 2.76. The Hall–Kier alpha value is -1.69. The van der Waals surface area contributed by atoms with E-state index in [-0.39, 0.29) is 11.9 Å². The van der Waals surface area contributed by atoms with Gasteiger partial charge in [-0.1, -0.05) is 17.3 Å². The van der Waals surface area contributed by atoms with Gasteiger partial charge in [0.15, 0.2) is 5.82 Å². The zero-order valence-corrected chi connectivity index (χ0v) is 11.6. The minimum Gasteiger partial charge on any atom is -0.377 e. The number of amides is 1. The van der Waals surface area contributed by atoms with E-state index in [0.29, 0.717) is 43.8 Å². The van der Waals surface area contributed by atoms with Gasteiger partial charge in [0, 0.05) is 13.0 Å². The summed E-state index contributed by atoms with van der Waals surface area (Å²) in [6.45, 7) is 3.34. The predicted molar refractivity (Wildman–Crippen MR) is 70.8 cm³/mol. The summed E-state index contributed by atoms with van der Waals surface area (Å²) in [5.41, 5.74) is 0. The molecule has 0 unspecified atom stereocenters. The number of hydrogen-bond donors (Lipinski definition) is 0. The first-order valence-electron chi connectivity index (χ1n) is 7.08. The van der Waals surface area contributed by atoms with Gasteiger partial charge in [0.25, 0.3) is 5.89 Å². The van der Waals surface area contributed by atoms with Crippen LogP contribution in [0.15, 0.2) is 16.7 Å². The lowest BCUT2D eigenvalue weighted by molar-refractivity contribution is -0.142. The molecular weight excluding hydrogens is 258 g/mol.